The molecule has 0 aliphatic carbocycles. The van der Waals surface area contributed by atoms with E-state index in [1.807, 2.05) is 30.3 Å². The van der Waals surface area contributed by atoms with E-state index in [4.69, 9.17) is 0 Å². The third-order valence-electron chi connectivity index (χ3n) is 5.02. The maximum Gasteiger partial charge on any atom is 0.269 e. The normalized spacial score (nSPS) is 14.2. The number of non-ortho nitro benzene ring substituents is 1. The van der Waals surface area contributed by atoms with Crippen LogP contribution in [-0.4, -0.2) is 39.2 Å². The number of aromatic nitrogens is 3. The Morgan fingerprint density at radius 2 is 1.59 bits per heavy atom. The Hall–Kier alpha value is -4.08. The molecule has 2 aromatic carbocycles. The molecule has 10 heteroatoms. The number of hydrogen-bond acceptors (Lipinski definition) is 9. The molecule has 1 aliphatic rings. The van der Waals surface area contributed by atoms with Crippen molar-refractivity contribution < 1.29 is 4.92 Å². The molecule has 0 unspecified atom stereocenters. The Balaban J connectivity index is 1.57. The highest BCUT2D eigenvalue weighted by molar-refractivity contribution is 5.79. The molecule has 1 fully saturated rings. The summed E-state index contributed by atoms with van der Waals surface area (Å²) in [4.78, 5) is 26.2. The molecular weight excluding hydrogens is 408 g/mol. The Morgan fingerprint density at radius 3 is 2.28 bits per heavy atom. The minimum atomic E-state index is -0.434. The lowest BCUT2D eigenvalue weighted by Crippen LogP contribution is -2.26. The number of nitrogens with one attached hydrogen (secondary N) is 2. The molecule has 0 bridgehead atoms. The number of anilines is 4. The average molecular weight is 432 g/mol. The van der Waals surface area contributed by atoms with Crippen LogP contribution in [0.15, 0.2) is 59.7 Å². The molecule has 3 aromatic rings. The second-order valence-corrected chi connectivity index (χ2v) is 7.39. The van der Waals surface area contributed by atoms with Crippen LogP contribution in [0.25, 0.3) is 0 Å². The summed E-state index contributed by atoms with van der Waals surface area (Å²) in [5.74, 6) is 1.23. The molecule has 0 saturated carbocycles. The molecule has 2 N–H and O–H groups in total. The lowest BCUT2D eigenvalue weighted by molar-refractivity contribution is -0.384. The zero-order valence-corrected chi connectivity index (χ0v) is 17.5. The molecule has 0 spiro atoms. The average Bonchev–Trinajstić information content (AvgIpc) is 3.10. The predicted molar refractivity (Wildman–Crippen MR) is 125 cm³/mol. The summed E-state index contributed by atoms with van der Waals surface area (Å²) in [7, 11) is 0. The zero-order chi connectivity index (χ0) is 22.2. The number of nitro benzene ring substituents is 1. The highest BCUT2D eigenvalue weighted by Gasteiger charge is 2.16. The van der Waals surface area contributed by atoms with Crippen LogP contribution in [0.3, 0.4) is 0 Å². The standard InChI is InChI=1S/C22H24N8O2/c31-30(32)19-12-10-18(11-13-19)24-20-25-21(28-23-16-17-8-4-3-5-9-17)27-22(26-20)29-14-6-1-2-7-15-29/h3-5,8-13,16H,1-2,6-7,14-15H2,(H2,24,25,26,27,28)/b23-16+. The largest absolute Gasteiger partial charge is 0.341 e. The van der Waals surface area contributed by atoms with Crippen LogP contribution in [0.2, 0.25) is 0 Å². The van der Waals surface area contributed by atoms with E-state index in [0.717, 1.165) is 31.5 Å². The minimum absolute atomic E-state index is 0.0223. The first kappa shape index (κ1) is 21.2. The molecule has 1 aromatic heterocycles. The summed E-state index contributed by atoms with van der Waals surface area (Å²) in [5, 5.41) is 18.2. The first-order valence-electron chi connectivity index (χ1n) is 10.5. The maximum absolute atomic E-state index is 10.9. The molecule has 1 aliphatic heterocycles. The third-order valence-corrected chi connectivity index (χ3v) is 5.02. The van der Waals surface area contributed by atoms with E-state index >= 15 is 0 Å². The van der Waals surface area contributed by atoms with Crippen LogP contribution >= 0.6 is 0 Å². The fraction of sp³-hybridized carbons (Fsp3) is 0.273. The van der Waals surface area contributed by atoms with Gasteiger partial charge in [-0.15, -0.1) is 0 Å². The van der Waals surface area contributed by atoms with Gasteiger partial charge in [0.1, 0.15) is 0 Å². The first-order valence-corrected chi connectivity index (χ1v) is 10.5. The van der Waals surface area contributed by atoms with Crippen LogP contribution in [0.4, 0.5) is 29.2 Å². The van der Waals surface area contributed by atoms with E-state index in [2.05, 4.69) is 35.7 Å². The van der Waals surface area contributed by atoms with Crippen molar-refractivity contribution >= 4 is 35.4 Å². The SMILES string of the molecule is O=[N+]([O-])c1ccc(Nc2nc(N/N=C/c3ccccc3)nc(N3CCCCCC3)n2)cc1. The second-order valence-electron chi connectivity index (χ2n) is 7.39. The molecule has 164 valence electrons. The van der Waals surface area contributed by atoms with E-state index in [-0.39, 0.29) is 5.69 Å². The van der Waals surface area contributed by atoms with Gasteiger partial charge in [0, 0.05) is 30.9 Å². The van der Waals surface area contributed by atoms with Crippen molar-refractivity contribution in [2.75, 3.05) is 28.7 Å². The van der Waals surface area contributed by atoms with Crippen molar-refractivity contribution in [2.24, 2.45) is 5.10 Å². The Kier molecular flexibility index (Phi) is 6.81. The van der Waals surface area contributed by atoms with Crippen LogP contribution in [-0.2, 0) is 0 Å². The van der Waals surface area contributed by atoms with E-state index < -0.39 is 4.92 Å². The van der Waals surface area contributed by atoms with Gasteiger partial charge in [-0.2, -0.15) is 20.1 Å². The zero-order valence-electron chi connectivity index (χ0n) is 17.5. The van der Waals surface area contributed by atoms with Crippen molar-refractivity contribution in [3.8, 4) is 0 Å². The predicted octanol–water partition coefficient (Wildman–Crippen LogP) is 4.35. The van der Waals surface area contributed by atoms with Crippen LogP contribution < -0.4 is 15.6 Å². The third kappa shape index (κ3) is 5.75. The highest BCUT2D eigenvalue weighted by Crippen LogP contribution is 2.22. The van der Waals surface area contributed by atoms with E-state index in [1.54, 1.807) is 18.3 Å². The summed E-state index contributed by atoms with van der Waals surface area (Å²) in [5.41, 5.74) is 4.50. The van der Waals surface area contributed by atoms with Crippen LogP contribution in [0.5, 0.6) is 0 Å². The maximum atomic E-state index is 10.9. The molecule has 0 radical (unpaired) electrons. The molecule has 32 heavy (non-hydrogen) atoms. The second kappa shape index (κ2) is 10.3. The van der Waals surface area contributed by atoms with E-state index in [1.165, 1.54) is 25.0 Å². The van der Waals surface area contributed by atoms with Crippen molar-refractivity contribution in [1.82, 2.24) is 15.0 Å². The first-order chi connectivity index (χ1) is 15.7. The highest BCUT2D eigenvalue weighted by atomic mass is 16.6. The lowest BCUT2D eigenvalue weighted by atomic mass is 10.2. The van der Waals surface area contributed by atoms with Crippen molar-refractivity contribution in [3.63, 3.8) is 0 Å². The molecular formula is C22H24N8O2. The molecule has 4 rings (SSSR count). The fourth-order valence-corrected chi connectivity index (χ4v) is 3.38. The Morgan fingerprint density at radius 1 is 0.906 bits per heavy atom. The topological polar surface area (TPSA) is 121 Å². The van der Waals surface area contributed by atoms with E-state index in [0.29, 0.717) is 23.5 Å². The molecule has 2 heterocycles. The Labute approximate surface area is 185 Å². The van der Waals surface area contributed by atoms with Gasteiger partial charge >= 0.3 is 0 Å². The molecule has 10 nitrogen and oxygen atoms in total. The molecule has 0 amide bonds. The van der Waals surface area contributed by atoms with Gasteiger partial charge in [0.05, 0.1) is 11.1 Å². The number of benzene rings is 2. The van der Waals surface area contributed by atoms with Crippen LogP contribution in [0, 0.1) is 10.1 Å². The summed E-state index contributed by atoms with van der Waals surface area (Å²) < 4.78 is 0. The van der Waals surface area contributed by atoms with Gasteiger partial charge in [-0.25, -0.2) is 5.43 Å². The number of hydrogen-bond donors (Lipinski definition) is 2. The van der Waals surface area contributed by atoms with Gasteiger partial charge in [0.25, 0.3) is 5.69 Å². The summed E-state index contributed by atoms with van der Waals surface area (Å²) in [6, 6.07) is 15.8. The number of hydrazone groups is 1. The van der Waals surface area contributed by atoms with Crippen molar-refractivity contribution in [2.45, 2.75) is 25.7 Å². The fourth-order valence-electron chi connectivity index (χ4n) is 3.38. The molecule has 1 saturated heterocycles. The van der Waals surface area contributed by atoms with Gasteiger partial charge < -0.3 is 10.2 Å². The summed E-state index contributed by atoms with van der Waals surface area (Å²) in [6.07, 6.45) is 6.26. The van der Waals surface area contributed by atoms with Gasteiger partial charge in [0.15, 0.2) is 0 Å². The number of nitrogens with zero attached hydrogens (tertiary/aromatic N) is 6. The number of nitro groups is 1. The van der Waals surface area contributed by atoms with Crippen molar-refractivity contribution in [3.05, 3.63) is 70.3 Å². The molecule has 0 atom stereocenters. The van der Waals surface area contributed by atoms with Crippen molar-refractivity contribution in [1.29, 1.82) is 0 Å². The number of rotatable bonds is 7. The van der Waals surface area contributed by atoms with Gasteiger partial charge in [0.2, 0.25) is 17.8 Å². The summed E-state index contributed by atoms with van der Waals surface area (Å²) in [6.45, 7) is 1.77. The Bertz CT molecular complexity index is 1070. The van der Waals surface area contributed by atoms with Crippen LogP contribution in [0.1, 0.15) is 31.2 Å². The van der Waals surface area contributed by atoms with E-state index in [9.17, 15) is 10.1 Å². The van der Waals surface area contributed by atoms with Gasteiger partial charge in [-0.05, 0) is 30.5 Å². The quantitative estimate of drug-likeness (QED) is 0.321. The summed E-state index contributed by atoms with van der Waals surface area (Å²) >= 11 is 0. The smallest absolute Gasteiger partial charge is 0.269 e. The van der Waals surface area contributed by atoms with Gasteiger partial charge in [-0.1, -0.05) is 43.2 Å². The lowest BCUT2D eigenvalue weighted by Gasteiger charge is -2.21. The minimum Gasteiger partial charge on any atom is -0.341 e. The monoisotopic (exact) mass is 432 g/mol. The van der Waals surface area contributed by atoms with Gasteiger partial charge in [-0.3, -0.25) is 10.1 Å².